The third-order valence-electron chi connectivity index (χ3n) is 4.77. The van der Waals surface area contributed by atoms with Gasteiger partial charge in [-0.25, -0.2) is 12.7 Å². The maximum Gasteiger partial charge on any atom is 0.310 e. The molecule has 0 radical (unpaired) electrons. The molecular weight excluding hydrogens is 348 g/mol. The van der Waals surface area contributed by atoms with Gasteiger partial charge in [-0.1, -0.05) is 0 Å². The number of piperidine rings is 1. The summed E-state index contributed by atoms with van der Waals surface area (Å²) in [6, 6.07) is 2.96. The van der Waals surface area contributed by atoms with Crippen LogP contribution in [-0.4, -0.2) is 62.4 Å². The zero-order chi connectivity index (χ0) is 18.0. The highest BCUT2D eigenvalue weighted by Gasteiger charge is 2.48. The van der Waals surface area contributed by atoms with E-state index in [2.05, 4.69) is 0 Å². The Labute approximate surface area is 147 Å². The lowest BCUT2D eigenvalue weighted by atomic mass is 10.0. The van der Waals surface area contributed by atoms with Crippen LogP contribution in [0.5, 0.6) is 0 Å². The van der Waals surface area contributed by atoms with Crippen molar-refractivity contribution in [2.45, 2.75) is 31.1 Å². The van der Waals surface area contributed by atoms with E-state index in [4.69, 9.17) is 14.0 Å². The van der Waals surface area contributed by atoms with Crippen LogP contribution in [0.1, 0.15) is 31.6 Å². The summed E-state index contributed by atoms with van der Waals surface area (Å²) in [6.45, 7) is 2.67. The number of rotatable bonds is 5. The Morgan fingerprint density at radius 3 is 2.92 bits per heavy atom. The minimum atomic E-state index is -3.65. The quantitative estimate of drug-likeness (QED) is 0.717. The van der Waals surface area contributed by atoms with E-state index in [1.54, 1.807) is 26.1 Å². The van der Waals surface area contributed by atoms with Gasteiger partial charge in [0, 0.05) is 20.1 Å². The first-order chi connectivity index (χ1) is 11.9. The molecule has 0 bridgehead atoms. The van der Waals surface area contributed by atoms with Crippen molar-refractivity contribution in [3.05, 3.63) is 24.2 Å². The maximum atomic E-state index is 13.2. The van der Waals surface area contributed by atoms with Gasteiger partial charge in [0.05, 0.1) is 25.4 Å². The van der Waals surface area contributed by atoms with E-state index < -0.39 is 27.2 Å². The molecule has 0 amide bonds. The van der Waals surface area contributed by atoms with Crippen LogP contribution in [-0.2, 0) is 24.4 Å². The fourth-order valence-electron chi connectivity index (χ4n) is 3.48. The third kappa shape index (κ3) is 3.59. The normalized spacial score (nSPS) is 29.0. The van der Waals surface area contributed by atoms with Crippen LogP contribution in [0.4, 0.5) is 0 Å². The van der Waals surface area contributed by atoms with E-state index in [9.17, 15) is 13.2 Å². The van der Waals surface area contributed by atoms with E-state index >= 15 is 0 Å². The van der Waals surface area contributed by atoms with E-state index in [0.717, 1.165) is 0 Å². The zero-order valence-corrected chi connectivity index (χ0v) is 15.3. The molecule has 0 saturated carbocycles. The van der Waals surface area contributed by atoms with Crippen molar-refractivity contribution in [2.24, 2.45) is 5.92 Å². The molecule has 1 aromatic rings. The largest absolute Gasteiger partial charge is 0.468 e. The Morgan fingerprint density at radius 2 is 2.24 bits per heavy atom. The highest BCUT2D eigenvalue weighted by atomic mass is 32.2. The molecule has 3 unspecified atom stereocenters. The lowest BCUT2D eigenvalue weighted by Crippen LogP contribution is -2.48. The van der Waals surface area contributed by atoms with Crippen LogP contribution >= 0.6 is 0 Å². The molecule has 3 heterocycles. The van der Waals surface area contributed by atoms with Gasteiger partial charge in [0.25, 0.3) is 0 Å². The topological polar surface area (TPSA) is 89.3 Å². The highest BCUT2D eigenvalue weighted by molar-refractivity contribution is 7.89. The van der Waals surface area contributed by atoms with Crippen molar-refractivity contribution < 1.29 is 27.2 Å². The predicted molar refractivity (Wildman–Crippen MR) is 88.8 cm³/mol. The van der Waals surface area contributed by atoms with E-state index in [0.29, 0.717) is 31.8 Å². The molecule has 0 aromatic carbocycles. The molecule has 2 aliphatic rings. The average Bonchev–Trinajstić information content (AvgIpc) is 3.24. The Morgan fingerprint density at radius 1 is 1.44 bits per heavy atom. The standard InChI is InChI=1S/C16H24N2O6S/c1-3-22-16(19)12-6-4-8-18(10-12)25(20,21)14-11-24-17(2)15(14)13-7-5-9-23-13/h5,7,9,12,14-15H,3-4,6,8,10-11H2,1-2H3. The van der Waals surface area contributed by atoms with Crippen LogP contribution < -0.4 is 0 Å². The minimum Gasteiger partial charge on any atom is -0.468 e. The summed E-state index contributed by atoms with van der Waals surface area (Å²) in [6.07, 6.45) is 2.80. The number of carbonyl (C=O) groups excluding carboxylic acids is 1. The van der Waals surface area contributed by atoms with Gasteiger partial charge in [0.1, 0.15) is 17.1 Å². The number of nitrogens with zero attached hydrogens (tertiary/aromatic N) is 2. The number of carbonyl (C=O) groups is 1. The molecule has 3 atom stereocenters. The summed E-state index contributed by atoms with van der Waals surface area (Å²) >= 11 is 0. The second-order valence-corrected chi connectivity index (χ2v) is 8.49. The number of sulfonamides is 1. The van der Waals surface area contributed by atoms with E-state index in [1.165, 1.54) is 15.6 Å². The summed E-state index contributed by atoms with van der Waals surface area (Å²) in [5.74, 6) is -0.192. The van der Waals surface area contributed by atoms with Crippen LogP contribution in [0.3, 0.4) is 0 Å². The van der Waals surface area contributed by atoms with Crippen LogP contribution in [0.15, 0.2) is 22.8 Å². The highest BCUT2D eigenvalue weighted by Crippen LogP contribution is 2.36. The van der Waals surface area contributed by atoms with Crippen molar-refractivity contribution in [3.8, 4) is 0 Å². The minimum absolute atomic E-state index is 0.0603. The summed E-state index contributed by atoms with van der Waals surface area (Å²) in [4.78, 5) is 17.5. The number of hydroxylamine groups is 2. The van der Waals surface area contributed by atoms with Gasteiger partial charge in [-0.3, -0.25) is 9.63 Å². The molecule has 2 aliphatic heterocycles. The van der Waals surface area contributed by atoms with Gasteiger partial charge in [-0.15, -0.1) is 0 Å². The molecule has 25 heavy (non-hydrogen) atoms. The predicted octanol–water partition coefficient (Wildman–Crippen LogP) is 1.17. The molecule has 2 saturated heterocycles. The third-order valence-corrected chi connectivity index (χ3v) is 6.98. The Balaban J connectivity index is 1.79. The fraction of sp³-hybridized carbons (Fsp3) is 0.688. The lowest BCUT2D eigenvalue weighted by molar-refractivity contribution is -0.149. The number of hydrogen-bond donors (Lipinski definition) is 0. The van der Waals surface area contributed by atoms with Crippen LogP contribution in [0.2, 0.25) is 0 Å². The Hall–Kier alpha value is -1.42. The average molecular weight is 372 g/mol. The van der Waals surface area contributed by atoms with Gasteiger partial charge in [-0.2, -0.15) is 5.06 Å². The molecule has 3 rings (SSSR count). The van der Waals surface area contributed by atoms with E-state index in [1.807, 2.05) is 0 Å². The monoisotopic (exact) mass is 372 g/mol. The Kier molecular flexibility index (Phi) is 5.47. The van der Waals surface area contributed by atoms with Gasteiger partial charge in [-0.05, 0) is 31.9 Å². The Bertz CT molecular complexity index is 689. The van der Waals surface area contributed by atoms with Crippen molar-refractivity contribution >= 4 is 16.0 Å². The van der Waals surface area contributed by atoms with Gasteiger partial charge < -0.3 is 9.15 Å². The number of hydrogen-bond acceptors (Lipinski definition) is 7. The van der Waals surface area contributed by atoms with Crippen molar-refractivity contribution in [1.29, 1.82) is 0 Å². The fourth-order valence-corrected chi connectivity index (χ4v) is 5.50. The number of ether oxygens (including phenoxy) is 1. The van der Waals surface area contributed by atoms with Crippen LogP contribution in [0.25, 0.3) is 0 Å². The first-order valence-electron chi connectivity index (χ1n) is 8.50. The molecule has 0 spiro atoms. The molecule has 0 aliphatic carbocycles. The molecule has 0 N–H and O–H groups in total. The van der Waals surface area contributed by atoms with Gasteiger partial charge >= 0.3 is 5.97 Å². The summed E-state index contributed by atoms with van der Waals surface area (Å²) in [5, 5.41) is 0.748. The molecule has 1 aromatic heterocycles. The first-order valence-corrected chi connectivity index (χ1v) is 10.00. The van der Waals surface area contributed by atoms with Crippen molar-refractivity contribution in [1.82, 2.24) is 9.37 Å². The van der Waals surface area contributed by atoms with E-state index in [-0.39, 0.29) is 19.1 Å². The maximum absolute atomic E-state index is 13.2. The molecule has 8 nitrogen and oxygen atoms in total. The second-order valence-electron chi connectivity index (χ2n) is 6.33. The lowest BCUT2D eigenvalue weighted by Gasteiger charge is -2.33. The number of furan rings is 1. The summed E-state index contributed by atoms with van der Waals surface area (Å²) < 4.78 is 38.3. The second kappa shape index (κ2) is 7.45. The molecular formula is C16H24N2O6S. The van der Waals surface area contributed by atoms with Crippen LogP contribution in [0, 0.1) is 5.92 Å². The first kappa shape index (κ1) is 18.4. The molecule has 2 fully saturated rings. The summed E-state index contributed by atoms with van der Waals surface area (Å²) in [5.41, 5.74) is 0. The molecule has 140 valence electrons. The van der Waals surface area contributed by atoms with Gasteiger partial charge in [0.2, 0.25) is 10.0 Å². The molecule has 9 heteroatoms. The summed E-state index contributed by atoms with van der Waals surface area (Å²) in [7, 11) is -1.96. The number of esters is 1. The smallest absolute Gasteiger partial charge is 0.310 e. The van der Waals surface area contributed by atoms with Gasteiger partial charge in [0.15, 0.2) is 0 Å². The SMILES string of the molecule is CCOC(=O)C1CCCN(S(=O)(=O)C2CON(C)C2c2ccco2)C1. The zero-order valence-electron chi connectivity index (χ0n) is 14.5. The van der Waals surface area contributed by atoms with Crippen molar-refractivity contribution in [2.75, 3.05) is 33.4 Å². The van der Waals surface area contributed by atoms with Crippen molar-refractivity contribution in [3.63, 3.8) is 0 Å².